The molecule has 2 nitrogen and oxygen atoms in total. The Morgan fingerprint density at radius 3 is 2.56 bits per heavy atom. The first-order valence-corrected chi connectivity index (χ1v) is 3.01. The molecule has 50 valence electrons. The summed E-state index contributed by atoms with van der Waals surface area (Å²) in [5, 5.41) is 0. The zero-order valence-electron chi connectivity index (χ0n) is 5.77. The molecule has 0 radical (unpaired) electrons. The van der Waals surface area contributed by atoms with Gasteiger partial charge in [-0.3, -0.25) is 0 Å². The summed E-state index contributed by atoms with van der Waals surface area (Å²) in [6.45, 7) is 4.54. The van der Waals surface area contributed by atoms with Crippen LogP contribution in [0.4, 0.5) is 0 Å². The van der Waals surface area contributed by atoms with Gasteiger partial charge in [0, 0.05) is 0 Å². The number of hydrogen-bond acceptors (Lipinski definition) is 2. The Kier molecular flexibility index (Phi) is 1.48. The zero-order chi connectivity index (χ0) is 6.91. The van der Waals surface area contributed by atoms with E-state index in [0.29, 0.717) is 0 Å². The number of ether oxygens (including phenoxy) is 1. The lowest BCUT2D eigenvalue weighted by Crippen LogP contribution is -2.29. The maximum absolute atomic E-state index is 5.58. The molecular formula is C7H11NO. The molecule has 1 aliphatic rings. The maximum Gasteiger partial charge on any atom is 0.141 e. The standard InChI is InChI=1S/C7H11NO/c1-7(2,8)4-3-6-5-9-6/h6H,5,8H2,1-2H3. The van der Waals surface area contributed by atoms with Gasteiger partial charge in [0.2, 0.25) is 0 Å². The largest absolute Gasteiger partial charge is 0.359 e. The first-order chi connectivity index (χ1) is 4.08. The smallest absolute Gasteiger partial charge is 0.141 e. The zero-order valence-corrected chi connectivity index (χ0v) is 5.77. The average Bonchev–Trinajstić information content (AvgIpc) is 2.38. The first kappa shape index (κ1) is 6.60. The molecule has 1 unspecified atom stereocenters. The minimum absolute atomic E-state index is 0.174. The highest BCUT2D eigenvalue weighted by molar-refractivity contribution is 5.18. The van der Waals surface area contributed by atoms with Crippen molar-refractivity contribution in [1.82, 2.24) is 0 Å². The van der Waals surface area contributed by atoms with Crippen molar-refractivity contribution in [3.8, 4) is 11.8 Å². The van der Waals surface area contributed by atoms with Crippen molar-refractivity contribution in [2.45, 2.75) is 25.5 Å². The van der Waals surface area contributed by atoms with E-state index in [1.54, 1.807) is 0 Å². The molecule has 1 fully saturated rings. The minimum atomic E-state index is -0.369. The lowest BCUT2D eigenvalue weighted by Gasteiger charge is -2.06. The van der Waals surface area contributed by atoms with Gasteiger partial charge in [0.1, 0.15) is 6.10 Å². The summed E-state index contributed by atoms with van der Waals surface area (Å²) in [4.78, 5) is 0. The van der Waals surface area contributed by atoms with Gasteiger partial charge in [-0.05, 0) is 13.8 Å². The van der Waals surface area contributed by atoms with Crippen LogP contribution in [0.1, 0.15) is 13.8 Å². The Morgan fingerprint density at radius 1 is 1.67 bits per heavy atom. The highest BCUT2D eigenvalue weighted by Crippen LogP contribution is 2.06. The van der Waals surface area contributed by atoms with Crippen LogP contribution in [0.5, 0.6) is 0 Å². The van der Waals surface area contributed by atoms with Gasteiger partial charge < -0.3 is 10.5 Å². The predicted molar refractivity (Wildman–Crippen MR) is 35.8 cm³/mol. The molecule has 1 aliphatic heterocycles. The molecule has 1 saturated heterocycles. The number of hydrogen-bond donors (Lipinski definition) is 1. The van der Waals surface area contributed by atoms with Crippen LogP contribution in [0.2, 0.25) is 0 Å². The summed E-state index contributed by atoms with van der Waals surface area (Å²) in [7, 11) is 0. The van der Waals surface area contributed by atoms with Crippen molar-refractivity contribution in [3.05, 3.63) is 0 Å². The fourth-order valence-electron chi connectivity index (χ4n) is 0.398. The molecule has 0 spiro atoms. The third-order valence-electron chi connectivity index (χ3n) is 0.889. The van der Waals surface area contributed by atoms with Gasteiger partial charge in [-0.1, -0.05) is 11.8 Å². The van der Waals surface area contributed by atoms with Gasteiger partial charge in [0.15, 0.2) is 0 Å². The van der Waals surface area contributed by atoms with Gasteiger partial charge >= 0.3 is 0 Å². The molecule has 0 amide bonds. The molecule has 1 heterocycles. The highest BCUT2D eigenvalue weighted by atomic mass is 16.6. The third-order valence-corrected chi connectivity index (χ3v) is 0.889. The van der Waals surface area contributed by atoms with E-state index >= 15 is 0 Å². The van der Waals surface area contributed by atoms with Crippen molar-refractivity contribution >= 4 is 0 Å². The van der Waals surface area contributed by atoms with Crippen LogP contribution >= 0.6 is 0 Å². The van der Waals surface area contributed by atoms with Gasteiger partial charge in [-0.2, -0.15) is 0 Å². The van der Waals surface area contributed by atoms with E-state index < -0.39 is 0 Å². The predicted octanol–water partition coefficient (Wildman–Crippen LogP) is 0.126. The monoisotopic (exact) mass is 125 g/mol. The second kappa shape index (κ2) is 2.02. The van der Waals surface area contributed by atoms with Crippen LogP contribution in [0.25, 0.3) is 0 Å². The lowest BCUT2D eigenvalue weighted by atomic mass is 10.1. The maximum atomic E-state index is 5.58. The quantitative estimate of drug-likeness (QED) is 0.369. The highest BCUT2D eigenvalue weighted by Gasteiger charge is 2.19. The molecule has 2 heteroatoms. The Bertz CT molecular complexity index is 154. The summed E-state index contributed by atoms with van der Waals surface area (Å²) < 4.78 is 4.87. The van der Waals surface area contributed by atoms with Gasteiger partial charge in [-0.15, -0.1) is 0 Å². The average molecular weight is 125 g/mol. The molecule has 0 bridgehead atoms. The molecule has 0 saturated carbocycles. The van der Waals surface area contributed by atoms with Crippen molar-refractivity contribution in [1.29, 1.82) is 0 Å². The number of nitrogens with two attached hydrogens (primary N) is 1. The number of epoxide rings is 1. The molecule has 1 atom stereocenters. The Morgan fingerprint density at radius 2 is 2.22 bits per heavy atom. The fourth-order valence-corrected chi connectivity index (χ4v) is 0.398. The van der Waals surface area contributed by atoms with Gasteiger partial charge in [0.25, 0.3) is 0 Å². The summed E-state index contributed by atoms with van der Waals surface area (Å²) in [5.74, 6) is 5.79. The van der Waals surface area contributed by atoms with Crippen LogP contribution in [-0.4, -0.2) is 18.2 Å². The Balaban J connectivity index is 2.39. The fraction of sp³-hybridized carbons (Fsp3) is 0.714. The summed E-state index contributed by atoms with van der Waals surface area (Å²) in [6, 6.07) is 0. The molecule has 0 aromatic rings. The van der Waals surface area contributed by atoms with E-state index in [9.17, 15) is 0 Å². The minimum Gasteiger partial charge on any atom is -0.359 e. The van der Waals surface area contributed by atoms with Gasteiger partial charge in [-0.25, -0.2) is 0 Å². The molecule has 2 N–H and O–H groups in total. The van der Waals surface area contributed by atoms with E-state index in [4.69, 9.17) is 10.5 Å². The van der Waals surface area contributed by atoms with Crippen LogP contribution in [-0.2, 0) is 4.74 Å². The molecular weight excluding hydrogens is 114 g/mol. The van der Waals surface area contributed by atoms with Crippen molar-refractivity contribution in [2.24, 2.45) is 5.73 Å². The lowest BCUT2D eigenvalue weighted by molar-refractivity contribution is 0.445. The van der Waals surface area contributed by atoms with Crippen LogP contribution in [0.3, 0.4) is 0 Å². The third kappa shape index (κ3) is 3.12. The first-order valence-electron chi connectivity index (χ1n) is 3.01. The van der Waals surface area contributed by atoms with Crippen LogP contribution in [0.15, 0.2) is 0 Å². The molecule has 0 aromatic heterocycles. The van der Waals surface area contributed by atoms with E-state index in [1.807, 2.05) is 13.8 Å². The normalized spacial score (nSPS) is 24.6. The van der Waals surface area contributed by atoms with Crippen molar-refractivity contribution < 1.29 is 4.74 Å². The Labute approximate surface area is 55.4 Å². The summed E-state index contributed by atoms with van der Waals surface area (Å²) >= 11 is 0. The van der Waals surface area contributed by atoms with Crippen molar-refractivity contribution in [2.75, 3.05) is 6.61 Å². The SMILES string of the molecule is CC(C)(N)C#CC1CO1. The molecule has 1 rings (SSSR count). The van der Waals surface area contributed by atoms with Crippen LogP contribution in [0, 0.1) is 11.8 Å². The molecule has 9 heavy (non-hydrogen) atoms. The molecule has 0 aromatic carbocycles. The Hall–Kier alpha value is -0.520. The summed E-state index contributed by atoms with van der Waals surface area (Å²) in [6.07, 6.45) is 0.174. The van der Waals surface area contributed by atoms with Crippen LogP contribution < -0.4 is 5.73 Å². The number of rotatable bonds is 0. The topological polar surface area (TPSA) is 38.5 Å². The van der Waals surface area contributed by atoms with E-state index in [-0.39, 0.29) is 11.6 Å². The van der Waals surface area contributed by atoms with Gasteiger partial charge in [0.05, 0.1) is 12.1 Å². The van der Waals surface area contributed by atoms with Crippen molar-refractivity contribution in [3.63, 3.8) is 0 Å². The molecule has 0 aliphatic carbocycles. The van der Waals surface area contributed by atoms with E-state index in [2.05, 4.69) is 11.8 Å². The van der Waals surface area contributed by atoms with E-state index in [0.717, 1.165) is 6.61 Å². The second-order valence-electron chi connectivity index (χ2n) is 2.81. The van der Waals surface area contributed by atoms with E-state index in [1.165, 1.54) is 0 Å². The second-order valence-corrected chi connectivity index (χ2v) is 2.81. The summed E-state index contributed by atoms with van der Waals surface area (Å²) in [5.41, 5.74) is 5.21.